The summed E-state index contributed by atoms with van der Waals surface area (Å²) < 4.78 is 0. The van der Waals surface area contributed by atoms with E-state index in [2.05, 4.69) is 34.6 Å². The van der Waals surface area contributed by atoms with Crippen LogP contribution >= 0.6 is 12.2 Å². The van der Waals surface area contributed by atoms with E-state index in [-0.39, 0.29) is 0 Å². The number of thiocarbonyl (C=S) groups is 1. The zero-order chi connectivity index (χ0) is 14.4. The number of anilines is 1. The Hall–Kier alpha value is -1.94. The third-order valence-electron chi connectivity index (χ3n) is 3.18. The molecule has 2 aromatic rings. The first-order chi connectivity index (χ1) is 9.68. The summed E-state index contributed by atoms with van der Waals surface area (Å²) in [6.45, 7) is 2.84. The van der Waals surface area contributed by atoms with E-state index in [4.69, 9.17) is 18.0 Å². The first-order valence-corrected chi connectivity index (χ1v) is 7.12. The van der Waals surface area contributed by atoms with E-state index < -0.39 is 0 Å². The number of pyridine rings is 1. The Kier molecular flexibility index (Phi) is 5.07. The summed E-state index contributed by atoms with van der Waals surface area (Å²) in [5, 5.41) is 3.33. The molecule has 0 saturated heterocycles. The zero-order valence-corrected chi connectivity index (χ0v) is 12.4. The molecule has 0 radical (unpaired) electrons. The van der Waals surface area contributed by atoms with Crippen molar-refractivity contribution < 1.29 is 0 Å². The van der Waals surface area contributed by atoms with Crippen LogP contribution < -0.4 is 11.1 Å². The molecule has 3 nitrogen and oxygen atoms in total. The van der Waals surface area contributed by atoms with Gasteiger partial charge in [0.25, 0.3) is 0 Å². The first-order valence-electron chi connectivity index (χ1n) is 6.71. The van der Waals surface area contributed by atoms with Crippen molar-refractivity contribution in [3.8, 4) is 0 Å². The Labute approximate surface area is 125 Å². The van der Waals surface area contributed by atoms with E-state index >= 15 is 0 Å². The second kappa shape index (κ2) is 7.01. The highest BCUT2D eigenvalue weighted by Gasteiger charge is 2.08. The fraction of sp³-hybridized carbons (Fsp3) is 0.250. The van der Waals surface area contributed by atoms with Crippen molar-refractivity contribution in [2.75, 3.05) is 11.9 Å². The monoisotopic (exact) mass is 285 g/mol. The topological polar surface area (TPSA) is 50.9 Å². The van der Waals surface area contributed by atoms with Gasteiger partial charge in [-0.05, 0) is 37.0 Å². The molecular formula is C16H19N3S. The molecule has 2 rings (SSSR count). The lowest BCUT2D eigenvalue weighted by atomic mass is 10.1. The summed E-state index contributed by atoms with van der Waals surface area (Å²) in [6, 6.07) is 12.4. The Morgan fingerprint density at radius 1 is 1.25 bits per heavy atom. The molecule has 0 amide bonds. The van der Waals surface area contributed by atoms with Crippen molar-refractivity contribution in [2.45, 2.75) is 19.8 Å². The van der Waals surface area contributed by atoms with Crippen LogP contribution in [-0.2, 0) is 6.42 Å². The summed E-state index contributed by atoms with van der Waals surface area (Å²) in [5.41, 5.74) is 9.01. The van der Waals surface area contributed by atoms with Gasteiger partial charge in [0, 0.05) is 12.7 Å². The highest BCUT2D eigenvalue weighted by atomic mass is 32.1. The maximum absolute atomic E-state index is 5.76. The number of aryl methyl sites for hydroxylation is 2. The van der Waals surface area contributed by atoms with Crippen molar-refractivity contribution in [3.63, 3.8) is 0 Å². The summed E-state index contributed by atoms with van der Waals surface area (Å²) >= 11 is 5.09. The fourth-order valence-corrected chi connectivity index (χ4v) is 2.40. The molecule has 1 heterocycles. The molecule has 0 unspecified atom stereocenters. The second-order valence-corrected chi connectivity index (χ2v) is 5.17. The minimum atomic E-state index is 0.390. The van der Waals surface area contributed by atoms with Gasteiger partial charge in [-0.15, -0.1) is 0 Å². The number of benzene rings is 1. The summed E-state index contributed by atoms with van der Waals surface area (Å²) in [6.07, 6.45) is 3.86. The van der Waals surface area contributed by atoms with E-state index in [0.717, 1.165) is 36.3 Å². The minimum Gasteiger partial charge on any atom is -0.389 e. The number of hydrogen-bond acceptors (Lipinski definition) is 3. The Bertz CT molecular complexity index is 582. The van der Waals surface area contributed by atoms with E-state index in [1.54, 1.807) is 6.20 Å². The van der Waals surface area contributed by atoms with Crippen LogP contribution in [-0.4, -0.2) is 16.5 Å². The van der Waals surface area contributed by atoms with Gasteiger partial charge < -0.3 is 11.1 Å². The van der Waals surface area contributed by atoms with Crippen LogP contribution in [0.5, 0.6) is 0 Å². The molecule has 1 aromatic carbocycles. The molecule has 0 atom stereocenters. The van der Waals surface area contributed by atoms with E-state index in [9.17, 15) is 0 Å². The van der Waals surface area contributed by atoms with Crippen LogP contribution in [0.4, 0.5) is 5.82 Å². The Morgan fingerprint density at radius 3 is 2.70 bits per heavy atom. The number of nitrogens with zero attached hydrogens (tertiary/aromatic N) is 1. The van der Waals surface area contributed by atoms with Crippen molar-refractivity contribution in [3.05, 3.63) is 59.3 Å². The van der Waals surface area contributed by atoms with Crippen molar-refractivity contribution in [2.24, 2.45) is 5.73 Å². The van der Waals surface area contributed by atoms with Gasteiger partial charge in [0.05, 0.1) is 5.56 Å². The predicted octanol–water partition coefficient (Wildman–Crippen LogP) is 3.07. The van der Waals surface area contributed by atoms with Gasteiger partial charge in [-0.25, -0.2) is 4.98 Å². The van der Waals surface area contributed by atoms with Gasteiger partial charge in [0.1, 0.15) is 10.8 Å². The Morgan fingerprint density at radius 2 is 2.00 bits per heavy atom. The average molecular weight is 285 g/mol. The molecule has 0 fully saturated rings. The number of nitrogens with two attached hydrogens (primary N) is 1. The molecule has 104 valence electrons. The van der Waals surface area contributed by atoms with Gasteiger partial charge in [-0.2, -0.15) is 0 Å². The van der Waals surface area contributed by atoms with Gasteiger partial charge >= 0.3 is 0 Å². The highest BCUT2D eigenvalue weighted by molar-refractivity contribution is 7.80. The number of nitrogens with one attached hydrogen (secondary N) is 1. The molecule has 0 aliphatic heterocycles. The molecule has 0 spiro atoms. The quantitative estimate of drug-likeness (QED) is 0.632. The summed E-state index contributed by atoms with van der Waals surface area (Å²) in [4.78, 5) is 4.72. The summed E-state index contributed by atoms with van der Waals surface area (Å²) in [5.74, 6) is 0.783. The molecular weight excluding hydrogens is 266 g/mol. The lowest BCUT2D eigenvalue weighted by Gasteiger charge is -2.12. The van der Waals surface area contributed by atoms with Gasteiger partial charge in [-0.3, -0.25) is 0 Å². The fourth-order valence-electron chi connectivity index (χ4n) is 2.15. The van der Waals surface area contributed by atoms with Crippen molar-refractivity contribution >= 4 is 23.0 Å². The lowest BCUT2D eigenvalue weighted by Crippen LogP contribution is -2.16. The molecule has 0 bridgehead atoms. The molecule has 0 saturated carbocycles. The van der Waals surface area contributed by atoms with E-state index in [0.29, 0.717) is 4.99 Å². The SMILES string of the molecule is Cc1ccnc(NCCCc2ccccc2)c1C(N)=S. The third-order valence-corrected chi connectivity index (χ3v) is 3.39. The lowest BCUT2D eigenvalue weighted by molar-refractivity contribution is 0.858. The molecule has 3 N–H and O–H groups in total. The van der Waals surface area contributed by atoms with Crippen LogP contribution in [0.1, 0.15) is 23.1 Å². The molecule has 0 aliphatic carbocycles. The smallest absolute Gasteiger partial charge is 0.136 e. The maximum atomic E-state index is 5.76. The van der Waals surface area contributed by atoms with Gasteiger partial charge in [0.2, 0.25) is 0 Å². The molecule has 1 aromatic heterocycles. The van der Waals surface area contributed by atoms with Crippen molar-refractivity contribution in [1.29, 1.82) is 0 Å². The predicted molar refractivity (Wildman–Crippen MR) is 88.1 cm³/mol. The van der Waals surface area contributed by atoms with Crippen LogP contribution in [0.2, 0.25) is 0 Å². The van der Waals surface area contributed by atoms with E-state index in [1.807, 2.05) is 19.1 Å². The summed E-state index contributed by atoms with van der Waals surface area (Å²) in [7, 11) is 0. The van der Waals surface area contributed by atoms with Crippen LogP contribution in [0, 0.1) is 6.92 Å². The zero-order valence-electron chi connectivity index (χ0n) is 11.6. The van der Waals surface area contributed by atoms with Crippen molar-refractivity contribution in [1.82, 2.24) is 4.98 Å². The van der Waals surface area contributed by atoms with Gasteiger partial charge in [0.15, 0.2) is 0 Å². The molecule has 4 heteroatoms. The molecule has 0 aliphatic rings. The molecule has 20 heavy (non-hydrogen) atoms. The largest absolute Gasteiger partial charge is 0.389 e. The maximum Gasteiger partial charge on any atom is 0.136 e. The average Bonchev–Trinajstić information content (AvgIpc) is 2.44. The highest BCUT2D eigenvalue weighted by Crippen LogP contribution is 2.16. The van der Waals surface area contributed by atoms with E-state index in [1.165, 1.54) is 5.56 Å². The number of aromatic nitrogens is 1. The number of rotatable bonds is 6. The van der Waals surface area contributed by atoms with Gasteiger partial charge in [-0.1, -0.05) is 42.5 Å². The van der Waals surface area contributed by atoms with Crippen LogP contribution in [0.25, 0.3) is 0 Å². The van der Waals surface area contributed by atoms with Crippen LogP contribution in [0.15, 0.2) is 42.6 Å². The van der Waals surface area contributed by atoms with Crippen LogP contribution in [0.3, 0.4) is 0 Å². The number of hydrogen-bond donors (Lipinski definition) is 2. The standard InChI is InChI=1S/C16H19N3S/c1-12-9-11-19-16(14(12)15(17)20)18-10-5-8-13-6-3-2-4-7-13/h2-4,6-7,9,11H,5,8,10H2,1H3,(H2,17,20)(H,18,19). The first kappa shape index (κ1) is 14.5. The Balaban J connectivity index is 1.92. The third kappa shape index (κ3) is 3.78. The normalized spacial score (nSPS) is 10.2. The second-order valence-electron chi connectivity index (χ2n) is 4.73. The minimum absolute atomic E-state index is 0.390.